The van der Waals surface area contributed by atoms with E-state index in [2.05, 4.69) is 50.5 Å². The lowest BCUT2D eigenvalue weighted by Gasteiger charge is -2.12. The Morgan fingerprint density at radius 3 is 2.25 bits per heavy atom. The third-order valence-electron chi connectivity index (χ3n) is 4.77. The van der Waals surface area contributed by atoms with Crippen molar-refractivity contribution >= 4 is 63.2 Å². The highest BCUT2D eigenvalue weighted by atomic mass is 127. The Balaban J connectivity index is 1.49. The molecule has 3 aromatic carbocycles. The molecule has 32 heavy (non-hydrogen) atoms. The highest BCUT2D eigenvalue weighted by Crippen LogP contribution is 2.31. The second-order valence-corrected chi connectivity index (χ2v) is 9.42. The van der Waals surface area contributed by atoms with Gasteiger partial charge >= 0.3 is 6.03 Å². The highest BCUT2D eigenvalue weighted by molar-refractivity contribution is 14.1. The summed E-state index contributed by atoms with van der Waals surface area (Å²) in [7, 11) is 0. The first-order chi connectivity index (χ1) is 15.4. The van der Waals surface area contributed by atoms with Crippen molar-refractivity contribution in [1.29, 1.82) is 0 Å². The molecule has 1 fully saturated rings. The van der Waals surface area contributed by atoms with Gasteiger partial charge in [0, 0.05) is 0 Å². The van der Waals surface area contributed by atoms with Crippen molar-refractivity contribution in [1.82, 2.24) is 10.2 Å². The molecule has 0 unspecified atom stereocenters. The molecule has 0 saturated carbocycles. The molecule has 1 N–H and O–H groups in total. The Morgan fingerprint density at radius 2 is 1.59 bits per heavy atom. The van der Waals surface area contributed by atoms with Crippen molar-refractivity contribution in [3.05, 3.63) is 102 Å². The minimum absolute atomic E-state index is 0.216. The summed E-state index contributed by atoms with van der Waals surface area (Å²) in [6, 6.07) is 18.9. The van der Waals surface area contributed by atoms with Crippen molar-refractivity contribution < 1.29 is 18.7 Å². The number of halogens is 3. The second-order valence-electron chi connectivity index (χ2n) is 7.09. The fourth-order valence-corrected chi connectivity index (χ4v) is 5.31. The van der Waals surface area contributed by atoms with Gasteiger partial charge in [0.05, 0.1) is 13.7 Å². The maximum atomic E-state index is 13.1. The van der Waals surface area contributed by atoms with E-state index in [0.29, 0.717) is 12.4 Å². The van der Waals surface area contributed by atoms with Crippen LogP contribution in [0.1, 0.15) is 16.7 Å². The Kier molecular flexibility index (Phi) is 7.09. The summed E-state index contributed by atoms with van der Waals surface area (Å²) in [5, 5.41) is 2.66. The van der Waals surface area contributed by atoms with Gasteiger partial charge in [0.25, 0.3) is 5.91 Å². The van der Waals surface area contributed by atoms with Gasteiger partial charge < -0.3 is 10.1 Å². The molecule has 1 aliphatic heterocycles. The summed E-state index contributed by atoms with van der Waals surface area (Å²) >= 11 is 4.35. The minimum Gasteiger partial charge on any atom is -0.487 e. The zero-order valence-electron chi connectivity index (χ0n) is 16.6. The molecule has 1 saturated heterocycles. The molecule has 5 nitrogen and oxygen atoms in total. The third kappa shape index (κ3) is 5.29. The molecule has 0 spiro atoms. The standard InChI is InChI=1S/C24H17FI2N2O3/c25-18-8-6-16(7-9-18)14-32-22-19(26)10-17(11-20(22)27)12-21-23(30)29(24(31)28-21)13-15-4-2-1-3-5-15/h1-12H,13-14H2,(H,28,31)/b21-12+. The zero-order chi connectivity index (χ0) is 22.7. The van der Waals surface area contributed by atoms with E-state index >= 15 is 0 Å². The van der Waals surface area contributed by atoms with Crippen LogP contribution in [0.15, 0.2) is 72.4 Å². The molecule has 0 radical (unpaired) electrons. The van der Waals surface area contributed by atoms with E-state index in [0.717, 1.165) is 23.8 Å². The summed E-state index contributed by atoms with van der Waals surface area (Å²) in [5.41, 5.74) is 2.75. The number of hydrogen-bond acceptors (Lipinski definition) is 3. The monoisotopic (exact) mass is 654 g/mol. The topological polar surface area (TPSA) is 58.6 Å². The van der Waals surface area contributed by atoms with Gasteiger partial charge in [-0.15, -0.1) is 0 Å². The Bertz CT molecular complexity index is 1170. The van der Waals surface area contributed by atoms with Crippen LogP contribution in [0.2, 0.25) is 0 Å². The number of benzene rings is 3. The predicted octanol–water partition coefficient (Wildman–Crippen LogP) is 5.71. The van der Waals surface area contributed by atoms with Crippen molar-refractivity contribution in [3.8, 4) is 5.75 Å². The molecule has 8 heteroatoms. The van der Waals surface area contributed by atoms with Crippen molar-refractivity contribution in [2.24, 2.45) is 0 Å². The zero-order valence-corrected chi connectivity index (χ0v) is 21.0. The molecule has 0 bridgehead atoms. The van der Waals surface area contributed by atoms with E-state index < -0.39 is 6.03 Å². The van der Waals surface area contributed by atoms with Gasteiger partial charge in [-0.05, 0) is 92.2 Å². The van der Waals surface area contributed by atoms with Crippen LogP contribution in [-0.2, 0) is 17.9 Å². The van der Waals surface area contributed by atoms with Gasteiger partial charge in [-0.3, -0.25) is 9.69 Å². The number of nitrogens with zero attached hydrogens (tertiary/aromatic N) is 1. The molecule has 4 rings (SSSR count). The first-order valence-electron chi connectivity index (χ1n) is 9.65. The maximum Gasteiger partial charge on any atom is 0.329 e. The number of rotatable bonds is 6. The largest absolute Gasteiger partial charge is 0.487 e. The third-order valence-corrected chi connectivity index (χ3v) is 6.38. The molecule has 3 amide bonds. The number of amides is 3. The Labute approximate surface area is 211 Å². The Morgan fingerprint density at radius 1 is 0.938 bits per heavy atom. The minimum atomic E-state index is -0.436. The lowest BCUT2D eigenvalue weighted by molar-refractivity contribution is -0.123. The molecule has 1 heterocycles. The fraction of sp³-hybridized carbons (Fsp3) is 0.0833. The van der Waals surface area contributed by atoms with E-state index in [-0.39, 0.29) is 24.0 Å². The van der Waals surface area contributed by atoms with E-state index in [1.165, 1.54) is 17.0 Å². The molecule has 3 aromatic rings. The summed E-state index contributed by atoms with van der Waals surface area (Å²) < 4.78 is 20.7. The fourth-order valence-electron chi connectivity index (χ4n) is 3.18. The molecule has 0 atom stereocenters. The molecule has 0 aromatic heterocycles. The molecular formula is C24H17FI2N2O3. The van der Waals surface area contributed by atoms with Crippen LogP contribution in [0.4, 0.5) is 9.18 Å². The van der Waals surface area contributed by atoms with Gasteiger partial charge in [-0.2, -0.15) is 0 Å². The summed E-state index contributed by atoms with van der Waals surface area (Å²) in [6.45, 7) is 0.532. The van der Waals surface area contributed by atoms with Crippen molar-refractivity contribution in [2.75, 3.05) is 0 Å². The highest BCUT2D eigenvalue weighted by Gasteiger charge is 2.33. The summed E-state index contributed by atoms with van der Waals surface area (Å²) in [5.74, 6) is 0.0665. The second kappa shape index (κ2) is 9.99. The van der Waals surface area contributed by atoms with Crippen LogP contribution in [-0.4, -0.2) is 16.8 Å². The molecule has 162 valence electrons. The van der Waals surface area contributed by atoms with Crippen LogP contribution in [0, 0.1) is 13.0 Å². The first kappa shape index (κ1) is 22.7. The van der Waals surface area contributed by atoms with Crippen molar-refractivity contribution in [3.63, 3.8) is 0 Å². The van der Waals surface area contributed by atoms with Crippen molar-refractivity contribution in [2.45, 2.75) is 13.2 Å². The first-order valence-corrected chi connectivity index (χ1v) is 11.8. The number of hydrogen-bond donors (Lipinski definition) is 1. The lowest BCUT2D eigenvalue weighted by Crippen LogP contribution is -2.30. The summed E-state index contributed by atoms with van der Waals surface area (Å²) in [6.07, 6.45) is 1.67. The van der Waals surface area contributed by atoms with Crippen LogP contribution >= 0.6 is 45.2 Å². The van der Waals surface area contributed by atoms with Crippen LogP contribution in [0.5, 0.6) is 5.75 Å². The van der Waals surface area contributed by atoms with E-state index in [1.807, 2.05) is 42.5 Å². The van der Waals surface area contributed by atoms with E-state index in [9.17, 15) is 14.0 Å². The number of carbonyl (C=O) groups excluding carboxylic acids is 2. The van der Waals surface area contributed by atoms with E-state index in [1.54, 1.807) is 18.2 Å². The predicted molar refractivity (Wildman–Crippen MR) is 136 cm³/mol. The van der Waals surface area contributed by atoms with Crippen LogP contribution in [0.3, 0.4) is 0 Å². The van der Waals surface area contributed by atoms with Crippen LogP contribution in [0.25, 0.3) is 6.08 Å². The molecule has 1 aliphatic rings. The van der Waals surface area contributed by atoms with Gasteiger partial charge in [0.15, 0.2) is 0 Å². The lowest BCUT2D eigenvalue weighted by atomic mass is 10.1. The van der Waals surface area contributed by atoms with Crippen LogP contribution < -0.4 is 10.1 Å². The average Bonchev–Trinajstić information content (AvgIpc) is 3.02. The quantitative estimate of drug-likeness (QED) is 0.211. The van der Waals surface area contributed by atoms with Gasteiger partial charge in [0.1, 0.15) is 23.9 Å². The number of carbonyl (C=O) groups is 2. The number of urea groups is 1. The SMILES string of the molecule is O=C1N/C(=C/c2cc(I)c(OCc3ccc(F)cc3)c(I)c2)C(=O)N1Cc1ccccc1. The maximum absolute atomic E-state index is 13.1. The normalized spacial score (nSPS) is 14.7. The van der Waals surface area contributed by atoms with E-state index in [4.69, 9.17) is 4.74 Å². The molecule has 0 aliphatic carbocycles. The van der Waals surface area contributed by atoms with Gasteiger partial charge in [0.2, 0.25) is 0 Å². The molecular weight excluding hydrogens is 637 g/mol. The number of ether oxygens (including phenoxy) is 1. The number of imide groups is 1. The van der Waals surface area contributed by atoms with Gasteiger partial charge in [-0.25, -0.2) is 9.18 Å². The smallest absolute Gasteiger partial charge is 0.329 e. The Hall–Kier alpha value is -2.47. The average molecular weight is 654 g/mol. The number of nitrogens with one attached hydrogen (secondary N) is 1. The van der Waals surface area contributed by atoms with Gasteiger partial charge in [-0.1, -0.05) is 42.5 Å². The summed E-state index contributed by atoms with van der Waals surface area (Å²) in [4.78, 5) is 26.3.